The Bertz CT molecular complexity index is 570. The fourth-order valence-corrected chi connectivity index (χ4v) is 5.03. The number of carbonyl (C=O) groups is 1. The Labute approximate surface area is 211 Å². The van der Waals surface area contributed by atoms with Crippen LogP contribution in [0.15, 0.2) is 4.99 Å². The fraction of sp³-hybridized carbons (Fsp3) is 0.913. The van der Waals surface area contributed by atoms with E-state index < -0.39 is 0 Å². The summed E-state index contributed by atoms with van der Waals surface area (Å²) in [5.74, 6) is 1.79. The van der Waals surface area contributed by atoms with Crippen molar-refractivity contribution >= 4 is 35.8 Å². The van der Waals surface area contributed by atoms with Gasteiger partial charge < -0.3 is 24.6 Å². The van der Waals surface area contributed by atoms with Gasteiger partial charge in [-0.05, 0) is 25.7 Å². The van der Waals surface area contributed by atoms with Gasteiger partial charge in [-0.25, -0.2) is 0 Å². The second-order valence-electron chi connectivity index (χ2n) is 8.80. The maximum atomic E-state index is 12.7. The van der Waals surface area contributed by atoms with E-state index in [1.807, 2.05) is 4.90 Å². The molecule has 1 N–H and O–H groups in total. The van der Waals surface area contributed by atoms with Crippen LogP contribution in [0.4, 0.5) is 0 Å². The molecule has 3 aliphatic rings. The minimum absolute atomic E-state index is 0. The second kappa shape index (κ2) is 14.6. The highest BCUT2D eigenvalue weighted by atomic mass is 127. The van der Waals surface area contributed by atoms with E-state index in [0.29, 0.717) is 18.6 Å². The van der Waals surface area contributed by atoms with Crippen LogP contribution in [0.2, 0.25) is 0 Å². The molecule has 0 radical (unpaired) electrons. The molecule has 0 aliphatic carbocycles. The maximum absolute atomic E-state index is 12.7. The van der Waals surface area contributed by atoms with E-state index in [-0.39, 0.29) is 36.0 Å². The van der Waals surface area contributed by atoms with Crippen LogP contribution in [0.25, 0.3) is 0 Å². The van der Waals surface area contributed by atoms with Crippen LogP contribution in [-0.4, -0.2) is 111 Å². The Morgan fingerprint density at radius 2 is 1.66 bits per heavy atom. The summed E-state index contributed by atoms with van der Waals surface area (Å²) < 4.78 is 11.2. The standard InChI is InChI=1S/C23H43N5O3.HI/c1-4-19(5-2)20(26-13-16-30-17-14-26)18-25-23(24-6-3)28-11-9-27(10-12-28)22(29)21-8-7-15-31-21;/h19-21H,4-18H2,1-3H3,(H,24,25);1H. The first-order chi connectivity index (χ1) is 15.2. The molecule has 3 aliphatic heterocycles. The lowest BCUT2D eigenvalue weighted by Crippen LogP contribution is -2.55. The maximum Gasteiger partial charge on any atom is 0.251 e. The Hall–Kier alpha value is -0.650. The number of halogens is 1. The van der Waals surface area contributed by atoms with Gasteiger partial charge in [0.2, 0.25) is 0 Å². The first-order valence-electron chi connectivity index (χ1n) is 12.4. The number of morpholine rings is 1. The summed E-state index contributed by atoms with van der Waals surface area (Å²) in [6.45, 7) is 15.8. The smallest absolute Gasteiger partial charge is 0.251 e. The zero-order chi connectivity index (χ0) is 22.1. The first kappa shape index (κ1) is 27.6. The minimum atomic E-state index is -0.220. The lowest BCUT2D eigenvalue weighted by atomic mass is 9.92. The highest BCUT2D eigenvalue weighted by Crippen LogP contribution is 2.21. The normalized spacial score (nSPS) is 23.9. The van der Waals surface area contributed by atoms with Gasteiger partial charge in [0, 0.05) is 58.5 Å². The number of rotatable bonds is 8. The van der Waals surface area contributed by atoms with Crippen molar-refractivity contribution in [3.63, 3.8) is 0 Å². The Balaban J connectivity index is 0.00000363. The average Bonchev–Trinajstić information content (AvgIpc) is 3.36. The molecule has 1 amide bonds. The molecule has 9 heteroatoms. The zero-order valence-corrected chi connectivity index (χ0v) is 22.6. The van der Waals surface area contributed by atoms with Crippen molar-refractivity contribution in [3.05, 3.63) is 0 Å². The van der Waals surface area contributed by atoms with Crippen molar-refractivity contribution in [2.24, 2.45) is 10.9 Å². The third kappa shape index (κ3) is 7.43. The minimum Gasteiger partial charge on any atom is -0.379 e. The van der Waals surface area contributed by atoms with Crippen molar-refractivity contribution in [2.75, 3.05) is 72.2 Å². The molecule has 0 aromatic carbocycles. The number of piperazine rings is 1. The number of ether oxygens (including phenoxy) is 2. The predicted molar refractivity (Wildman–Crippen MR) is 139 cm³/mol. The van der Waals surface area contributed by atoms with Crippen LogP contribution in [-0.2, 0) is 14.3 Å². The highest BCUT2D eigenvalue weighted by molar-refractivity contribution is 14.0. The van der Waals surface area contributed by atoms with Gasteiger partial charge in [0.1, 0.15) is 6.10 Å². The summed E-state index contributed by atoms with van der Waals surface area (Å²) in [6.07, 6.45) is 3.99. The average molecular weight is 566 g/mol. The molecule has 0 aromatic rings. The molecule has 0 saturated carbocycles. The molecule has 2 unspecified atom stereocenters. The third-order valence-corrected chi connectivity index (χ3v) is 6.97. The number of aliphatic imine (C=N–C) groups is 1. The molecule has 0 bridgehead atoms. The van der Waals surface area contributed by atoms with Crippen LogP contribution < -0.4 is 5.32 Å². The monoisotopic (exact) mass is 565 g/mol. The number of hydrogen-bond donors (Lipinski definition) is 1. The van der Waals surface area contributed by atoms with Gasteiger partial charge in [-0.15, -0.1) is 24.0 Å². The third-order valence-electron chi connectivity index (χ3n) is 6.97. The van der Waals surface area contributed by atoms with Gasteiger partial charge in [0.25, 0.3) is 5.91 Å². The first-order valence-corrected chi connectivity index (χ1v) is 12.4. The van der Waals surface area contributed by atoms with Crippen LogP contribution in [0.1, 0.15) is 46.5 Å². The van der Waals surface area contributed by atoms with Gasteiger partial charge in [-0.2, -0.15) is 0 Å². The summed E-state index contributed by atoms with van der Waals surface area (Å²) in [4.78, 5) is 24.6. The van der Waals surface area contributed by atoms with E-state index >= 15 is 0 Å². The molecule has 3 rings (SSSR count). The quantitative estimate of drug-likeness (QED) is 0.276. The lowest BCUT2D eigenvalue weighted by molar-refractivity contribution is -0.142. The molecule has 3 saturated heterocycles. The van der Waals surface area contributed by atoms with Crippen molar-refractivity contribution in [2.45, 2.75) is 58.6 Å². The number of nitrogens with zero attached hydrogens (tertiary/aromatic N) is 4. The van der Waals surface area contributed by atoms with E-state index in [1.165, 1.54) is 12.8 Å². The molecular formula is C23H44IN5O3. The zero-order valence-electron chi connectivity index (χ0n) is 20.3. The molecule has 32 heavy (non-hydrogen) atoms. The topological polar surface area (TPSA) is 69.6 Å². The number of hydrogen-bond acceptors (Lipinski definition) is 5. The van der Waals surface area contributed by atoms with Crippen molar-refractivity contribution < 1.29 is 14.3 Å². The van der Waals surface area contributed by atoms with E-state index in [9.17, 15) is 4.79 Å². The second-order valence-corrected chi connectivity index (χ2v) is 8.80. The molecule has 3 fully saturated rings. The van der Waals surface area contributed by atoms with Gasteiger partial charge in [0.15, 0.2) is 5.96 Å². The van der Waals surface area contributed by atoms with E-state index in [0.717, 1.165) is 84.4 Å². The fourth-order valence-electron chi connectivity index (χ4n) is 5.03. The van der Waals surface area contributed by atoms with E-state index in [2.05, 4.69) is 35.9 Å². The predicted octanol–water partition coefficient (Wildman–Crippen LogP) is 2.03. The molecule has 186 valence electrons. The van der Waals surface area contributed by atoms with E-state index in [4.69, 9.17) is 14.5 Å². The van der Waals surface area contributed by atoms with E-state index in [1.54, 1.807) is 0 Å². The lowest BCUT2D eigenvalue weighted by Gasteiger charge is -2.39. The molecule has 0 spiro atoms. The molecule has 0 aromatic heterocycles. The number of carbonyl (C=O) groups excluding carboxylic acids is 1. The molecule has 2 atom stereocenters. The van der Waals surface area contributed by atoms with Gasteiger partial charge in [-0.3, -0.25) is 14.7 Å². The Kier molecular flexibility index (Phi) is 12.6. The molecule has 8 nitrogen and oxygen atoms in total. The van der Waals surface area contributed by atoms with Crippen LogP contribution in [0.3, 0.4) is 0 Å². The molecule has 3 heterocycles. The Morgan fingerprint density at radius 1 is 1.00 bits per heavy atom. The van der Waals surface area contributed by atoms with Gasteiger partial charge in [-0.1, -0.05) is 26.7 Å². The SMILES string of the molecule is CCNC(=NCC(C(CC)CC)N1CCOCC1)N1CCN(C(=O)C2CCCO2)CC1.I. The van der Waals surface area contributed by atoms with Crippen LogP contribution in [0, 0.1) is 5.92 Å². The highest BCUT2D eigenvalue weighted by Gasteiger charge is 2.31. The molecular weight excluding hydrogens is 521 g/mol. The van der Waals surface area contributed by atoms with Crippen molar-refractivity contribution in [1.82, 2.24) is 20.0 Å². The summed E-state index contributed by atoms with van der Waals surface area (Å²) in [5.41, 5.74) is 0. The summed E-state index contributed by atoms with van der Waals surface area (Å²) in [6, 6.07) is 0.454. The van der Waals surface area contributed by atoms with Gasteiger partial charge in [0.05, 0.1) is 19.8 Å². The van der Waals surface area contributed by atoms with Crippen molar-refractivity contribution in [3.8, 4) is 0 Å². The van der Waals surface area contributed by atoms with Crippen molar-refractivity contribution in [1.29, 1.82) is 0 Å². The largest absolute Gasteiger partial charge is 0.379 e. The number of amides is 1. The number of guanidine groups is 1. The van der Waals surface area contributed by atoms with Crippen LogP contribution in [0.5, 0.6) is 0 Å². The summed E-state index contributed by atoms with van der Waals surface area (Å²) in [5, 5.41) is 3.49. The number of nitrogens with one attached hydrogen (secondary N) is 1. The summed E-state index contributed by atoms with van der Waals surface area (Å²) >= 11 is 0. The summed E-state index contributed by atoms with van der Waals surface area (Å²) in [7, 11) is 0. The Morgan fingerprint density at radius 3 is 2.22 bits per heavy atom. The van der Waals surface area contributed by atoms with Crippen LogP contribution >= 0.6 is 24.0 Å². The van der Waals surface area contributed by atoms with Gasteiger partial charge >= 0.3 is 0 Å².